The predicted octanol–water partition coefficient (Wildman–Crippen LogP) is 1.04. The zero-order valence-corrected chi connectivity index (χ0v) is 26.7. The molecular weight excluding hydrogens is 712 g/mol. The molecule has 1 aliphatic rings. The molecule has 1 fully saturated rings. The molecule has 280 valence electrons. The van der Waals surface area contributed by atoms with Gasteiger partial charge in [0.2, 0.25) is 5.79 Å². The van der Waals surface area contributed by atoms with Gasteiger partial charge in [0, 0.05) is 6.42 Å². The number of aliphatic hydroxyl groups is 2. The van der Waals surface area contributed by atoms with E-state index in [1.54, 1.807) is 0 Å². The number of phenolic OH excluding ortho intramolecular Hbond substituents is 10. The average molecular weight is 743 g/mol. The number of hydrogen-bond acceptors (Lipinski definition) is 19. The number of ether oxygens (including phenoxy) is 4. The largest absolute Gasteiger partial charge is 0.508 e. The standard InChI is InChI=1S/C34H30O19/c35-17-3-1-13(2-4-17)11-34(53-33(49)16-9-22(40)27(44)23(41)10-16)30(46)29(51-32(48)15-7-20(38)26(43)21(39)8-15)28(45)24(52-34)12-50-31(47)14-5-18(36)25(42)19(37)6-14/h1-10,24,28-30,35-46H,11-12H2/t24-,28-,29+,30-,34+/m1/s1. The Bertz CT molecular complexity index is 1990. The summed E-state index contributed by atoms with van der Waals surface area (Å²) in [6.45, 7) is -1.00. The summed E-state index contributed by atoms with van der Waals surface area (Å²) in [6, 6.07) is 9.16. The molecule has 19 nitrogen and oxygen atoms in total. The van der Waals surface area contributed by atoms with Gasteiger partial charge in [0.15, 0.2) is 64.0 Å². The maximum atomic E-state index is 13.6. The van der Waals surface area contributed by atoms with Crippen LogP contribution in [0.5, 0.6) is 57.5 Å². The van der Waals surface area contributed by atoms with Gasteiger partial charge in [-0.1, -0.05) is 12.1 Å². The number of phenols is 10. The Hall–Kier alpha value is -6.83. The van der Waals surface area contributed by atoms with Crippen LogP contribution in [0, 0.1) is 0 Å². The number of esters is 3. The fourth-order valence-corrected chi connectivity index (χ4v) is 5.29. The fourth-order valence-electron chi connectivity index (χ4n) is 5.29. The van der Waals surface area contributed by atoms with Crippen molar-refractivity contribution in [2.45, 2.75) is 36.6 Å². The first kappa shape index (κ1) is 37.4. The van der Waals surface area contributed by atoms with Crippen LogP contribution in [-0.4, -0.2) is 116 Å². The van der Waals surface area contributed by atoms with Gasteiger partial charge in [-0.2, -0.15) is 0 Å². The highest BCUT2D eigenvalue weighted by molar-refractivity contribution is 5.92. The Balaban J connectivity index is 1.57. The van der Waals surface area contributed by atoms with Crippen LogP contribution in [0.2, 0.25) is 0 Å². The molecule has 12 N–H and O–H groups in total. The molecule has 4 aromatic rings. The van der Waals surface area contributed by atoms with Gasteiger partial charge in [-0.15, -0.1) is 0 Å². The molecule has 0 aliphatic carbocycles. The van der Waals surface area contributed by atoms with Crippen LogP contribution in [0.4, 0.5) is 0 Å². The molecule has 0 saturated carbocycles. The van der Waals surface area contributed by atoms with E-state index in [2.05, 4.69) is 0 Å². The number of benzene rings is 4. The lowest BCUT2D eigenvalue weighted by Gasteiger charge is -2.48. The number of carbonyl (C=O) groups is 3. The van der Waals surface area contributed by atoms with Crippen molar-refractivity contribution < 1.29 is 94.6 Å². The first-order chi connectivity index (χ1) is 24.9. The van der Waals surface area contributed by atoms with E-state index in [9.17, 15) is 75.7 Å². The minimum absolute atomic E-state index is 0.159. The molecule has 0 amide bonds. The van der Waals surface area contributed by atoms with Crippen molar-refractivity contribution in [3.05, 3.63) is 82.9 Å². The van der Waals surface area contributed by atoms with E-state index in [4.69, 9.17) is 18.9 Å². The Labute approximate surface area is 296 Å². The molecule has 1 aliphatic heterocycles. The van der Waals surface area contributed by atoms with Crippen LogP contribution in [0.3, 0.4) is 0 Å². The van der Waals surface area contributed by atoms with Crippen LogP contribution >= 0.6 is 0 Å². The maximum absolute atomic E-state index is 13.6. The molecule has 0 aromatic heterocycles. The zero-order valence-electron chi connectivity index (χ0n) is 26.7. The lowest BCUT2D eigenvalue weighted by atomic mass is 9.88. The van der Waals surface area contributed by atoms with Crippen molar-refractivity contribution >= 4 is 17.9 Å². The van der Waals surface area contributed by atoms with Gasteiger partial charge in [0.1, 0.15) is 24.6 Å². The molecule has 0 radical (unpaired) electrons. The van der Waals surface area contributed by atoms with Crippen LogP contribution in [0.15, 0.2) is 60.7 Å². The Morgan fingerprint density at radius 2 is 1.02 bits per heavy atom. The molecule has 5 rings (SSSR count). The highest BCUT2D eigenvalue weighted by Crippen LogP contribution is 2.41. The molecule has 0 unspecified atom stereocenters. The van der Waals surface area contributed by atoms with Crippen LogP contribution in [0.1, 0.15) is 36.6 Å². The molecule has 0 spiro atoms. The Kier molecular flexibility index (Phi) is 10.2. The number of aliphatic hydroxyl groups excluding tert-OH is 2. The highest BCUT2D eigenvalue weighted by atomic mass is 16.7. The first-order valence-electron chi connectivity index (χ1n) is 15.1. The summed E-state index contributed by atoms with van der Waals surface area (Å²) < 4.78 is 22.1. The number of rotatable bonds is 9. The summed E-state index contributed by atoms with van der Waals surface area (Å²) >= 11 is 0. The lowest BCUT2D eigenvalue weighted by Crippen LogP contribution is -2.68. The van der Waals surface area contributed by atoms with E-state index < -0.39 is 130 Å². The Morgan fingerprint density at radius 3 is 1.47 bits per heavy atom. The minimum Gasteiger partial charge on any atom is -0.508 e. The smallest absolute Gasteiger partial charge is 0.341 e. The van der Waals surface area contributed by atoms with Gasteiger partial charge in [0.05, 0.1) is 16.7 Å². The Morgan fingerprint density at radius 1 is 0.604 bits per heavy atom. The number of carbonyl (C=O) groups excluding carboxylic acids is 3. The maximum Gasteiger partial charge on any atom is 0.341 e. The third-order valence-electron chi connectivity index (χ3n) is 8.02. The van der Waals surface area contributed by atoms with Crippen LogP contribution in [0.25, 0.3) is 0 Å². The molecule has 1 saturated heterocycles. The van der Waals surface area contributed by atoms with Crippen LogP contribution < -0.4 is 0 Å². The molecule has 4 aromatic carbocycles. The monoisotopic (exact) mass is 742 g/mol. The van der Waals surface area contributed by atoms with Crippen molar-refractivity contribution in [2.24, 2.45) is 0 Å². The van der Waals surface area contributed by atoms with Gasteiger partial charge < -0.3 is 80.2 Å². The van der Waals surface area contributed by atoms with E-state index in [-0.39, 0.29) is 11.3 Å². The van der Waals surface area contributed by atoms with Gasteiger partial charge >= 0.3 is 17.9 Å². The first-order valence-corrected chi connectivity index (χ1v) is 15.1. The van der Waals surface area contributed by atoms with Crippen molar-refractivity contribution in [1.29, 1.82) is 0 Å². The van der Waals surface area contributed by atoms with Gasteiger partial charge in [-0.25, -0.2) is 14.4 Å². The van der Waals surface area contributed by atoms with E-state index in [0.29, 0.717) is 24.3 Å². The van der Waals surface area contributed by atoms with Crippen molar-refractivity contribution in [1.82, 2.24) is 0 Å². The van der Waals surface area contributed by atoms with Crippen LogP contribution in [-0.2, 0) is 25.4 Å². The summed E-state index contributed by atoms with van der Waals surface area (Å²) in [4.78, 5) is 39.7. The van der Waals surface area contributed by atoms with Crippen molar-refractivity contribution in [3.8, 4) is 57.5 Å². The predicted molar refractivity (Wildman–Crippen MR) is 171 cm³/mol. The summed E-state index contributed by atoms with van der Waals surface area (Å²) in [5.74, 6) is -15.7. The molecule has 53 heavy (non-hydrogen) atoms. The second-order valence-corrected chi connectivity index (χ2v) is 11.7. The summed E-state index contributed by atoms with van der Waals surface area (Å²) in [6.07, 6.45) is -9.30. The summed E-state index contributed by atoms with van der Waals surface area (Å²) in [5.41, 5.74) is -1.59. The summed E-state index contributed by atoms with van der Waals surface area (Å²) in [5, 5.41) is 122. The van der Waals surface area contributed by atoms with Gasteiger partial charge in [0.25, 0.3) is 0 Å². The SMILES string of the molecule is O=C(OC[C@H]1O[C@@](Cc2ccc(O)cc2)(OC(=O)c2cc(O)c(O)c(O)c2)[C@H](O)[C@@H](OC(=O)c2cc(O)c(O)c(O)c2)[C@@H]1O)c1cc(O)c(O)c(O)c1. The molecule has 0 bridgehead atoms. The van der Waals surface area contributed by atoms with E-state index in [1.807, 2.05) is 0 Å². The third kappa shape index (κ3) is 7.61. The molecular formula is C34H30O19. The highest BCUT2D eigenvalue weighted by Gasteiger charge is 2.59. The van der Waals surface area contributed by atoms with Gasteiger partial charge in [-0.3, -0.25) is 0 Å². The normalized spacial score (nSPS) is 21.0. The van der Waals surface area contributed by atoms with E-state index >= 15 is 0 Å². The minimum atomic E-state index is -2.76. The zero-order chi connectivity index (χ0) is 38.9. The summed E-state index contributed by atoms with van der Waals surface area (Å²) in [7, 11) is 0. The van der Waals surface area contributed by atoms with Gasteiger partial charge in [-0.05, 0) is 54.1 Å². The topological polar surface area (TPSA) is 331 Å². The molecule has 19 heteroatoms. The second kappa shape index (κ2) is 14.4. The quantitative estimate of drug-likeness (QED) is 0.0647. The fraction of sp³-hybridized carbons (Fsp3) is 0.206. The average Bonchev–Trinajstić information content (AvgIpc) is 3.11. The van der Waals surface area contributed by atoms with Crippen molar-refractivity contribution in [2.75, 3.05) is 6.61 Å². The molecule has 1 heterocycles. The lowest BCUT2D eigenvalue weighted by molar-refractivity contribution is -0.344. The van der Waals surface area contributed by atoms with E-state index in [1.165, 1.54) is 24.3 Å². The molecule has 5 atom stereocenters. The number of aromatic hydroxyl groups is 10. The second-order valence-electron chi connectivity index (χ2n) is 11.7. The van der Waals surface area contributed by atoms with E-state index in [0.717, 1.165) is 12.1 Å². The third-order valence-corrected chi connectivity index (χ3v) is 8.02. The van der Waals surface area contributed by atoms with Crippen molar-refractivity contribution in [3.63, 3.8) is 0 Å². The number of hydrogen-bond donors (Lipinski definition) is 12.